The van der Waals surface area contributed by atoms with E-state index in [0.29, 0.717) is 5.92 Å². The minimum absolute atomic E-state index is 0.569. The second-order valence-corrected chi connectivity index (χ2v) is 5.93. The van der Waals surface area contributed by atoms with Gasteiger partial charge in [0, 0.05) is 37.6 Å². The molecule has 112 valence electrons. The van der Waals surface area contributed by atoms with Gasteiger partial charge in [0.1, 0.15) is 0 Å². The number of hydrogen-bond donors (Lipinski definition) is 1. The van der Waals surface area contributed by atoms with Crippen LogP contribution in [0.5, 0.6) is 0 Å². The van der Waals surface area contributed by atoms with E-state index >= 15 is 0 Å². The molecule has 20 heavy (non-hydrogen) atoms. The van der Waals surface area contributed by atoms with Crippen molar-refractivity contribution in [3.8, 4) is 0 Å². The van der Waals surface area contributed by atoms with E-state index in [1.807, 2.05) is 19.9 Å². The fourth-order valence-electron chi connectivity index (χ4n) is 2.72. The Morgan fingerprint density at radius 1 is 1.15 bits per heavy atom. The number of anilines is 1. The lowest BCUT2D eigenvalue weighted by Gasteiger charge is -2.24. The highest BCUT2D eigenvalue weighted by Crippen LogP contribution is 2.13. The van der Waals surface area contributed by atoms with Crippen molar-refractivity contribution in [3.63, 3.8) is 0 Å². The van der Waals surface area contributed by atoms with E-state index in [1.165, 1.54) is 0 Å². The van der Waals surface area contributed by atoms with Gasteiger partial charge >= 0.3 is 0 Å². The lowest BCUT2D eigenvalue weighted by Crippen LogP contribution is -2.35. The maximum absolute atomic E-state index is 5.72. The predicted molar refractivity (Wildman–Crippen MR) is 83.0 cm³/mol. The van der Waals surface area contributed by atoms with Crippen LogP contribution in [-0.2, 0) is 0 Å². The first kappa shape index (κ1) is 15.2. The molecule has 0 aromatic carbocycles. The van der Waals surface area contributed by atoms with Crippen LogP contribution in [0.25, 0.3) is 0 Å². The van der Waals surface area contributed by atoms with Crippen molar-refractivity contribution in [1.29, 1.82) is 0 Å². The molecule has 1 aromatic heterocycles. The molecule has 2 heterocycles. The number of aromatic nitrogens is 2. The van der Waals surface area contributed by atoms with Gasteiger partial charge < -0.3 is 15.5 Å². The average molecular weight is 277 g/mol. The highest BCUT2D eigenvalue weighted by molar-refractivity contribution is 5.32. The molecule has 0 spiro atoms. The van der Waals surface area contributed by atoms with Crippen molar-refractivity contribution >= 4 is 5.95 Å². The third-order valence-electron chi connectivity index (χ3n) is 3.81. The van der Waals surface area contributed by atoms with Gasteiger partial charge in [-0.15, -0.1) is 0 Å². The maximum atomic E-state index is 5.72. The second-order valence-electron chi connectivity index (χ2n) is 5.93. The second kappa shape index (κ2) is 6.99. The Hall–Kier alpha value is -1.20. The minimum atomic E-state index is 0.569. The molecule has 0 radical (unpaired) electrons. The van der Waals surface area contributed by atoms with Gasteiger partial charge in [0.2, 0.25) is 5.95 Å². The van der Waals surface area contributed by atoms with Crippen LogP contribution in [0.4, 0.5) is 5.95 Å². The Labute approximate surface area is 122 Å². The maximum Gasteiger partial charge on any atom is 0.225 e. The quantitative estimate of drug-likeness (QED) is 0.896. The molecular weight excluding hydrogens is 250 g/mol. The molecule has 1 saturated heterocycles. The normalized spacial score (nSPS) is 18.9. The molecule has 2 N–H and O–H groups in total. The Balaban J connectivity index is 1.98. The molecule has 1 aromatic rings. The van der Waals surface area contributed by atoms with E-state index < -0.39 is 0 Å². The Bertz CT molecular complexity index is 414. The molecule has 2 rings (SSSR count). The Kier molecular flexibility index (Phi) is 5.31. The summed E-state index contributed by atoms with van der Waals surface area (Å²) in [7, 11) is 0. The SMILES string of the molecule is Cc1cc(C)nc(N2CCCN(CC(C)CN)CC2)n1. The van der Waals surface area contributed by atoms with Gasteiger partial charge in [-0.1, -0.05) is 6.92 Å². The van der Waals surface area contributed by atoms with E-state index in [0.717, 1.165) is 63.0 Å². The fraction of sp³-hybridized carbons (Fsp3) is 0.733. The zero-order valence-corrected chi connectivity index (χ0v) is 13.0. The van der Waals surface area contributed by atoms with E-state index in [4.69, 9.17) is 5.73 Å². The number of nitrogens with zero attached hydrogens (tertiary/aromatic N) is 4. The van der Waals surface area contributed by atoms with Crippen LogP contribution < -0.4 is 10.6 Å². The van der Waals surface area contributed by atoms with Crippen LogP contribution in [0.1, 0.15) is 24.7 Å². The van der Waals surface area contributed by atoms with Crippen molar-refractivity contribution in [2.75, 3.05) is 44.2 Å². The van der Waals surface area contributed by atoms with Gasteiger partial charge in [-0.2, -0.15) is 0 Å². The molecule has 1 aliphatic heterocycles. The summed E-state index contributed by atoms with van der Waals surface area (Å²) in [6.07, 6.45) is 1.16. The molecule has 1 unspecified atom stereocenters. The molecule has 0 amide bonds. The summed E-state index contributed by atoms with van der Waals surface area (Å²) in [5, 5.41) is 0. The smallest absolute Gasteiger partial charge is 0.225 e. The summed E-state index contributed by atoms with van der Waals surface area (Å²) in [5.74, 6) is 1.45. The minimum Gasteiger partial charge on any atom is -0.339 e. The van der Waals surface area contributed by atoms with Crippen LogP contribution in [0.3, 0.4) is 0 Å². The number of hydrogen-bond acceptors (Lipinski definition) is 5. The number of nitrogens with two attached hydrogens (primary N) is 1. The summed E-state index contributed by atoms with van der Waals surface area (Å²) in [4.78, 5) is 14.0. The van der Waals surface area contributed by atoms with E-state index in [2.05, 4.69) is 26.7 Å². The third-order valence-corrected chi connectivity index (χ3v) is 3.81. The van der Waals surface area contributed by atoms with E-state index in [9.17, 15) is 0 Å². The summed E-state index contributed by atoms with van der Waals surface area (Å²) in [6, 6.07) is 2.02. The molecule has 1 aliphatic rings. The highest BCUT2D eigenvalue weighted by atomic mass is 15.3. The standard InChI is InChI=1S/C15H27N5/c1-12(10-16)11-19-5-4-6-20(8-7-19)15-17-13(2)9-14(3)18-15/h9,12H,4-8,10-11,16H2,1-3H3. The van der Waals surface area contributed by atoms with Gasteiger partial charge in [-0.05, 0) is 45.3 Å². The number of aryl methyl sites for hydroxylation is 2. The zero-order valence-electron chi connectivity index (χ0n) is 13.0. The lowest BCUT2D eigenvalue weighted by atomic mass is 10.1. The van der Waals surface area contributed by atoms with Crippen molar-refractivity contribution in [1.82, 2.24) is 14.9 Å². The van der Waals surface area contributed by atoms with E-state index in [1.54, 1.807) is 0 Å². The lowest BCUT2D eigenvalue weighted by molar-refractivity contribution is 0.255. The van der Waals surface area contributed by atoms with Crippen LogP contribution in [-0.4, -0.2) is 54.1 Å². The summed E-state index contributed by atoms with van der Waals surface area (Å²) in [5.41, 5.74) is 7.82. The first-order valence-corrected chi connectivity index (χ1v) is 7.58. The summed E-state index contributed by atoms with van der Waals surface area (Å²) in [6.45, 7) is 12.4. The van der Waals surface area contributed by atoms with Crippen molar-refractivity contribution < 1.29 is 0 Å². The summed E-state index contributed by atoms with van der Waals surface area (Å²) < 4.78 is 0. The van der Waals surface area contributed by atoms with Crippen LogP contribution in [0, 0.1) is 19.8 Å². The van der Waals surface area contributed by atoms with Gasteiger partial charge in [-0.3, -0.25) is 0 Å². The van der Waals surface area contributed by atoms with Crippen molar-refractivity contribution in [2.24, 2.45) is 11.7 Å². The van der Waals surface area contributed by atoms with Gasteiger partial charge in [0.15, 0.2) is 0 Å². The molecule has 1 fully saturated rings. The highest BCUT2D eigenvalue weighted by Gasteiger charge is 2.18. The third kappa shape index (κ3) is 4.15. The van der Waals surface area contributed by atoms with Crippen LogP contribution >= 0.6 is 0 Å². The fourth-order valence-corrected chi connectivity index (χ4v) is 2.72. The predicted octanol–water partition coefficient (Wildman–Crippen LogP) is 1.20. The Morgan fingerprint density at radius 2 is 1.85 bits per heavy atom. The van der Waals surface area contributed by atoms with Crippen LogP contribution in [0.15, 0.2) is 6.07 Å². The van der Waals surface area contributed by atoms with Crippen LogP contribution in [0.2, 0.25) is 0 Å². The molecule has 0 aliphatic carbocycles. The van der Waals surface area contributed by atoms with Crippen molar-refractivity contribution in [3.05, 3.63) is 17.5 Å². The molecule has 0 bridgehead atoms. The van der Waals surface area contributed by atoms with Gasteiger partial charge in [-0.25, -0.2) is 9.97 Å². The molecule has 5 nitrogen and oxygen atoms in total. The van der Waals surface area contributed by atoms with E-state index in [-0.39, 0.29) is 0 Å². The van der Waals surface area contributed by atoms with Gasteiger partial charge in [0.05, 0.1) is 0 Å². The summed E-state index contributed by atoms with van der Waals surface area (Å²) >= 11 is 0. The first-order chi connectivity index (χ1) is 9.58. The molecule has 0 saturated carbocycles. The zero-order chi connectivity index (χ0) is 14.5. The van der Waals surface area contributed by atoms with Gasteiger partial charge in [0.25, 0.3) is 0 Å². The monoisotopic (exact) mass is 277 g/mol. The first-order valence-electron chi connectivity index (χ1n) is 7.58. The average Bonchev–Trinajstić information content (AvgIpc) is 2.63. The molecule has 1 atom stereocenters. The number of rotatable bonds is 4. The van der Waals surface area contributed by atoms with Crippen molar-refractivity contribution in [2.45, 2.75) is 27.2 Å². The molecular formula is C15H27N5. The largest absolute Gasteiger partial charge is 0.339 e. The molecule has 5 heteroatoms. The topological polar surface area (TPSA) is 58.3 Å². The Morgan fingerprint density at radius 3 is 2.50 bits per heavy atom.